The molecule has 5 nitrogen and oxygen atoms in total. The van der Waals surface area contributed by atoms with Crippen molar-refractivity contribution in [2.24, 2.45) is 0 Å². The Morgan fingerprint density at radius 1 is 1.39 bits per heavy atom. The molecule has 0 bridgehead atoms. The summed E-state index contributed by atoms with van der Waals surface area (Å²) < 4.78 is 23.4. The van der Waals surface area contributed by atoms with Gasteiger partial charge in [0.05, 0.1) is 23.1 Å². The van der Waals surface area contributed by atoms with E-state index in [0.29, 0.717) is 12.0 Å². The third kappa shape index (κ3) is 4.55. The van der Waals surface area contributed by atoms with Crippen LogP contribution in [0.2, 0.25) is 0 Å². The number of benzene rings is 1. The van der Waals surface area contributed by atoms with Gasteiger partial charge in [-0.05, 0) is 24.1 Å². The largest absolute Gasteiger partial charge is 0.478 e. The Labute approximate surface area is 106 Å². The molecule has 0 aliphatic carbocycles. The minimum Gasteiger partial charge on any atom is -0.478 e. The molecule has 0 aliphatic heterocycles. The Kier molecular flexibility index (Phi) is 4.86. The van der Waals surface area contributed by atoms with E-state index < -0.39 is 15.8 Å². The fraction of sp³-hybridized carbons (Fsp3) is 0.333. The van der Waals surface area contributed by atoms with Gasteiger partial charge in [-0.2, -0.15) is 5.26 Å². The second kappa shape index (κ2) is 6.17. The summed E-state index contributed by atoms with van der Waals surface area (Å²) in [4.78, 5) is 10.7. The van der Waals surface area contributed by atoms with E-state index in [1.54, 1.807) is 6.07 Å². The number of rotatable bonds is 6. The Bertz CT molecular complexity index is 572. The van der Waals surface area contributed by atoms with E-state index in [4.69, 9.17) is 10.4 Å². The van der Waals surface area contributed by atoms with Crippen LogP contribution >= 0.6 is 0 Å². The molecule has 0 radical (unpaired) electrons. The normalized spacial score (nSPS) is 10.8. The minimum atomic E-state index is -3.29. The highest BCUT2D eigenvalue weighted by Gasteiger charge is 2.13. The van der Waals surface area contributed by atoms with Gasteiger partial charge < -0.3 is 5.11 Å². The number of carbonyl (C=O) groups is 1. The van der Waals surface area contributed by atoms with Gasteiger partial charge in [-0.25, -0.2) is 13.2 Å². The molecule has 0 saturated heterocycles. The van der Waals surface area contributed by atoms with Gasteiger partial charge in [0.25, 0.3) is 0 Å². The van der Waals surface area contributed by atoms with Crippen LogP contribution in [0, 0.1) is 11.3 Å². The van der Waals surface area contributed by atoms with Gasteiger partial charge in [-0.3, -0.25) is 0 Å². The molecule has 0 unspecified atom stereocenters. The minimum absolute atomic E-state index is 0.0577. The van der Waals surface area contributed by atoms with Crippen LogP contribution in [-0.2, 0) is 15.6 Å². The maximum absolute atomic E-state index is 11.7. The molecule has 0 fully saturated rings. The Hall–Kier alpha value is -1.87. The molecule has 0 saturated carbocycles. The number of hydrogen-bond donors (Lipinski definition) is 1. The van der Waals surface area contributed by atoms with Gasteiger partial charge in [0.2, 0.25) is 0 Å². The zero-order chi connectivity index (χ0) is 13.6. The predicted molar refractivity (Wildman–Crippen MR) is 65.7 cm³/mol. The average molecular weight is 267 g/mol. The number of nitriles is 1. The molecule has 0 heterocycles. The van der Waals surface area contributed by atoms with E-state index >= 15 is 0 Å². The average Bonchev–Trinajstić information content (AvgIpc) is 2.28. The second-order valence-electron chi connectivity index (χ2n) is 3.86. The number of aromatic carboxylic acids is 1. The van der Waals surface area contributed by atoms with Crippen molar-refractivity contribution < 1.29 is 18.3 Å². The molecule has 18 heavy (non-hydrogen) atoms. The fourth-order valence-electron chi connectivity index (χ4n) is 1.49. The topological polar surface area (TPSA) is 95.2 Å². The number of hydrogen-bond acceptors (Lipinski definition) is 4. The molecule has 0 aromatic heterocycles. The van der Waals surface area contributed by atoms with Crippen LogP contribution in [0.4, 0.5) is 0 Å². The molecule has 0 atom stereocenters. The van der Waals surface area contributed by atoms with Crippen LogP contribution in [0.25, 0.3) is 0 Å². The molecule has 6 heteroatoms. The van der Waals surface area contributed by atoms with Crippen LogP contribution in [0.5, 0.6) is 0 Å². The highest BCUT2D eigenvalue weighted by Crippen LogP contribution is 2.11. The molecule has 0 amide bonds. The molecule has 1 aromatic carbocycles. The van der Waals surface area contributed by atoms with Crippen molar-refractivity contribution in [1.29, 1.82) is 5.26 Å². The van der Waals surface area contributed by atoms with Crippen LogP contribution in [0.15, 0.2) is 24.3 Å². The van der Waals surface area contributed by atoms with Crippen molar-refractivity contribution >= 4 is 15.8 Å². The molecule has 1 aromatic rings. The lowest BCUT2D eigenvalue weighted by atomic mass is 10.1. The number of unbranched alkanes of at least 4 members (excludes halogenated alkanes) is 1. The number of carboxylic acids is 1. The summed E-state index contributed by atoms with van der Waals surface area (Å²) in [6.45, 7) is 0. The zero-order valence-corrected chi connectivity index (χ0v) is 10.5. The first kappa shape index (κ1) is 14.2. The first-order chi connectivity index (χ1) is 8.44. The van der Waals surface area contributed by atoms with E-state index in [1.165, 1.54) is 18.2 Å². The molecule has 0 spiro atoms. The van der Waals surface area contributed by atoms with Crippen molar-refractivity contribution in [2.75, 3.05) is 5.75 Å². The van der Waals surface area contributed by atoms with E-state index in [2.05, 4.69) is 0 Å². The highest BCUT2D eigenvalue weighted by molar-refractivity contribution is 7.90. The lowest BCUT2D eigenvalue weighted by Gasteiger charge is -2.04. The van der Waals surface area contributed by atoms with Crippen molar-refractivity contribution in [3.8, 4) is 6.07 Å². The van der Waals surface area contributed by atoms with E-state index in [9.17, 15) is 13.2 Å². The molecular weight excluding hydrogens is 254 g/mol. The quantitative estimate of drug-likeness (QED) is 0.790. The van der Waals surface area contributed by atoms with Gasteiger partial charge >= 0.3 is 5.97 Å². The Balaban J connectivity index is 2.75. The maximum atomic E-state index is 11.7. The SMILES string of the molecule is N#CCCCS(=O)(=O)Cc1cccc(C(=O)O)c1. The van der Waals surface area contributed by atoms with Crippen molar-refractivity contribution in [3.05, 3.63) is 35.4 Å². The Morgan fingerprint density at radius 3 is 2.72 bits per heavy atom. The summed E-state index contributed by atoms with van der Waals surface area (Å²) in [5, 5.41) is 17.1. The number of sulfone groups is 1. The van der Waals surface area contributed by atoms with Crippen molar-refractivity contribution in [2.45, 2.75) is 18.6 Å². The lowest BCUT2D eigenvalue weighted by Crippen LogP contribution is -2.10. The van der Waals surface area contributed by atoms with E-state index in [-0.39, 0.29) is 23.5 Å². The summed E-state index contributed by atoms with van der Waals surface area (Å²) in [7, 11) is -3.29. The fourth-order valence-corrected chi connectivity index (χ4v) is 2.91. The Morgan fingerprint density at radius 2 is 2.11 bits per heavy atom. The van der Waals surface area contributed by atoms with Gasteiger partial charge in [0, 0.05) is 6.42 Å². The summed E-state index contributed by atoms with van der Waals surface area (Å²) >= 11 is 0. The van der Waals surface area contributed by atoms with Gasteiger partial charge in [-0.1, -0.05) is 12.1 Å². The van der Waals surface area contributed by atoms with Gasteiger partial charge in [0.1, 0.15) is 0 Å². The number of carboxylic acid groups (broad SMARTS) is 1. The van der Waals surface area contributed by atoms with Crippen LogP contribution in [0.3, 0.4) is 0 Å². The predicted octanol–water partition coefficient (Wildman–Crippen LogP) is 1.60. The third-order valence-corrected chi connectivity index (χ3v) is 3.99. The van der Waals surface area contributed by atoms with Crippen molar-refractivity contribution in [1.82, 2.24) is 0 Å². The molecule has 1 rings (SSSR count). The summed E-state index contributed by atoms with van der Waals surface area (Å²) in [6, 6.07) is 7.74. The van der Waals surface area contributed by atoms with Gasteiger partial charge in [-0.15, -0.1) is 0 Å². The number of nitrogens with zero attached hydrogens (tertiary/aromatic N) is 1. The summed E-state index contributed by atoms with van der Waals surface area (Å²) in [5.41, 5.74) is 0.520. The first-order valence-corrected chi connectivity index (χ1v) is 7.16. The summed E-state index contributed by atoms with van der Waals surface area (Å²) in [5.74, 6) is -1.34. The second-order valence-corrected chi connectivity index (χ2v) is 6.04. The smallest absolute Gasteiger partial charge is 0.335 e. The molecular formula is C12H13NO4S. The standard InChI is InChI=1S/C12H13NO4S/c13-6-1-2-7-18(16,17)9-10-4-3-5-11(8-10)12(14)15/h3-5,8H,1-2,7,9H2,(H,14,15). The molecule has 1 N–H and O–H groups in total. The van der Waals surface area contributed by atoms with Gasteiger partial charge in [0.15, 0.2) is 9.84 Å². The van der Waals surface area contributed by atoms with Crippen LogP contribution in [-0.4, -0.2) is 25.2 Å². The molecule has 96 valence electrons. The van der Waals surface area contributed by atoms with E-state index in [1.807, 2.05) is 6.07 Å². The lowest BCUT2D eigenvalue weighted by molar-refractivity contribution is 0.0696. The summed E-state index contributed by atoms with van der Waals surface area (Å²) in [6.07, 6.45) is 0.506. The van der Waals surface area contributed by atoms with Crippen LogP contribution < -0.4 is 0 Å². The molecule has 0 aliphatic rings. The zero-order valence-electron chi connectivity index (χ0n) is 9.67. The highest BCUT2D eigenvalue weighted by atomic mass is 32.2. The van der Waals surface area contributed by atoms with Crippen molar-refractivity contribution in [3.63, 3.8) is 0 Å². The first-order valence-electron chi connectivity index (χ1n) is 5.34. The maximum Gasteiger partial charge on any atom is 0.335 e. The monoisotopic (exact) mass is 267 g/mol. The van der Waals surface area contributed by atoms with E-state index in [0.717, 1.165) is 0 Å². The third-order valence-electron chi connectivity index (χ3n) is 2.30. The van der Waals surface area contributed by atoms with Crippen LogP contribution in [0.1, 0.15) is 28.8 Å².